The van der Waals surface area contributed by atoms with Gasteiger partial charge in [-0.15, -0.1) is 0 Å². The molecular weight excluding hydrogens is 146 g/mol. The van der Waals surface area contributed by atoms with Crippen LogP contribution in [0.25, 0.3) is 0 Å². The Morgan fingerprint density at radius 3 is 1.73 bits per heavy atom. The van der Waals surface area contributed by atoms with Gasteiger partial charge in [0, 0.05) is 13.1 Å². The standard InChI is InChI=1S/C6H13N3O2/c7-5(3-10)1-9-2-6(8)4-11/h3-6,9H,1-2,7-8H2. The minimum Gasteiger partial charge on any atom is -0.321 e. The number of carbonyl (C=O) groups is 2. The number of hydrogen-bond donors (Lipinski definition) is 3. The molecule has 5 heteroatoms. The Labute approximate surface area is 65.1 Å². The molecule has 0 aromatic carbocycles. The molecule has 5 nitrogen and oxygen atoms in total. The van der Waals surface area contributed by atoms with E-state index in [0.717, 1.165) is 0 Å². The summed E-state index contributed by atoms with van der Waals surface area (Å²) >= 11 is 0. The summed E-state index contributed by atoms with van der Waals surface area (Å²) in [5.41, 5.74) is 10.5. The molecule has 0 fully saturated rings. The Hall–Kier alpha value is -0.780. The summed E-state index contributed by atoms with van der Waals surface area (Å²) in [4.78, 5) is 20.0. The molecule has 0 aromatic heterocycles. The van der Waals surface area contributed by atoms with Gasteiger partial charge < -0.3 is 26.4 Å². The first kappa shape index (κ1) is 10.2. The molecule has 0 aliphatic heterocycles. The second-order valence-electron chi connectivity index (χ2n) is 2.26. The molecule has 0 aromatic rings. The van der Waals surface area contributed by atoms with Crippen molar-refractivity contribution >= 4 is 12.6 Å². The van der Waals surface area contributed by atoms with E-state index in [9.17, 15) is 9.59 Å². The minimum absolute atomic E-state index is 0.352. The van der Waals surface area contributed by atoms with Crippen LogP contribution in [0.4, 0.5) is 0 Å². The van der Waals surface area contributed by atoms with E-state index < -0.39 is 12.1 Å². The largest absolute Gasteiger partial charge is 0.321 e. The van der Waals surface area contributed by atoms with Crippen LogP contribution in [-0.2, 0) is 9.59 Å². The predicted molar refractivity (Wildman–Crippen MR) is 40.9 cm³/mol. The van der Waals surface area contributed by atoms with Crippen molar-refractivity contribution in [1.29, 1.82) is 0 Å². The number of rotatable bonds is 6. The SMILES string of the molecule is NC(C=O)CNCC(N)C=O. The van der Waals surface area contributed by atoms with Crippen LogP contribution in [0, 0.1) is 0 Å². The first-order valence-corrected chi connectivity index (χ1v) is 3.33. The smallest absolute Gasteiger partial charge is 0.137 e. The Morgan fingerprint density at radius 1 is 1.09 bits per heavy atom. The molecular formula is C6H13N3O2. The summed E-state index contributed by atoms with van der Waals surface area (Å²) in [7, 11) is 0. The van der Waals surface area contributed by atoms with E-state index in [2.05, 4.69) is 5.32 Å². The van der Waals surface area contributed by atoms with E-state index in [1.54, 1.807) is 0 Å². The molecule has 0 bridgehead atoms. The van der Waals surface area contributed by atoms with Crippen LogP contribution in [0.1, 0.15) is 0 Å². The van der Waals surface area contributed by atoms with Gasteiger partial charge >= 0.3 is 0 Å². The molecule has 64 valence electrons. The fourth-order valence-electron chi connectivity index (χ4n) is 0.513. The normalized spacial score (nSPS) is 15.5. The van der Waals surface area contributed by atoms with E-state index >= 15 is 0 Å². The van der Waals surface area contributed by atoms with Gasteiger partial charge in [-0.2, -0.15) is 0 Å². The molecule has 0 saturated carbocycles. The molecule has 0 saturated heterocycles. The predicted octanol–water partition coefficient (Wildman–Crippen LogP) is -2.37. The van der Waals surface area contributed by atoms with Crippen molar-refractivity contribution in [1.82, 2.24) is 5.32 Å². The molecule has 11 heavy (non-hydrogen) atoms. The van der Waals surface area contributed by atoms with E-state index in [0.29, 0.717) is 25.7 Å². The first-order valence-electron chi connectivity index (χ1n) is 3.33. The van der Waals surface area contributed by atoms with Crippen molar-refractivity contribution in [3.63, 3.8) is 0 Å². The van der Waals surface area contributed by atoms with Gasteiger partial charge in [-0.1, -0.05) is 0 Å². The molecule has 0 aliphatic carbocycles. The van der Waals surface area contributed by atoms with Crippen LogP contribution < -0.4 is 16.8 Å². The fraction of sp³-hybridized carbons (Fsp3) is 0.667. The summed E-state index contributed by atoms with van der Waals surface area (Å²) in [5, 5.41) is 2.77. The van der Waals surface area contributed by atoms with Crippen LogP contribution in [0.5, 0.6) is 0 Å². The molecule has 0 radical (unpaired) electrons. The summed E-state index contributed by atoms with van der Waals surface area (Å²) < 4.78 is 0. The van der Waals surface area contributed by atoms with Crippen molar-refractivity contribution in [2.24, 2.45) is 11.5 Å². The van der Waals surface area contributed by atoms with E-state index in [-0.39, 0.29) is 0 Å². The quantitative estimate of drug-likeness (QED) is 0.376. The summed E-state index contributed by atoms with van der Waals surface area (Å²) in [6, 6.07) is -1.04. The highest BCUT2D eigenvalue weighted by molar-refractivity contribution is 5.58. The van der Waals surface area contributed by atoms with Crippen molar-refractivity contribution < 1.29 is 9.59 Å². The van der Waals surface area contributed by atoms with Crippen LogP contribution in [0.3, 0.4) is 0 Å². The molecule has 2 unspecified atom stereocenters. The Balaban J connectivity index is 3.26. The zero-order valence-corrected chi connectivity index (χ0v) is 6.19. The lowest BCUT2D eigenvalue weighted by molar-refractivity contribution is -0.109. The van der Waals surface area contributed by atoms with Gasteiger partial charge in [0.25, 0.3) is 0 Å². The third-order valence-corrected chi connectivity index (χ3v) is 1.11. The van der Waals surface area contributed by atoms with Crippen LogP contribution in [0.15, 0.2) is 0 Å². The summed E-state index contributed by atoms with van der Waals surface area (Å²) in [6.07, 6.45) is 1.28. The Bertz CT molecular complexity index is 115. The van der Waals surface area contributed by atoms with E-state index in [4.69, 9.17) is 11.5 Å². The first-order chi connectivity index (χ1) is 5.20. The van der Waals surface area contributed by atoms with Crippen molar-refractivity contribution in [3.05, 3.63) is 0 Å². The van der Waals surface area contributed by atoms with Crippen LogP contribution in [-0.4, -0.2) is 37.7 Å². The number of carbonyl (C=O) groups excluding carboxylic acids is 2. The Morgan fingerprint density at radius 2 is 1.45 bits per heavy atom. The number of aldehydes is 2. The highest BCUT2D eigenvalue weighted by atomic mass is 16.1. The van der Waals surface area contributed by atoms with Crippen molar-refractivity contribution in [3.8, 4) is 0 Å². The highest BCUT2D eigenvalue weighted by Crippen LogP contribution is 1.70. The summed E-state index contributed by atoms with van der Waals surface area (Å²) in [5.74, 6) is 0. The maximum atomic E-state index is 9.98. The molecule has 0 spiro atoms. The molecule has 0 amide bonds. The highest BCUT2D eigenvalue weighted by Gasteiger charge is 2.01. The molecule has 5 N–H and O–H groups in total. The van der Waals surface area contributed by atoms with Gasteiger partial charge in [0.1, 0.15) is 12.6 Å². The lowest BCUT2D eigenvalue weighted by atomic mass is 10.3. The maximum absolute atomic E-state index is 9.98. The molecule has 0 rings (SSSR count). The maximum Gasteiger partial charge on any atom is 0.137 e. The van der Waals surface area contributed by atoms with Gasteiger partial charge in [-0.25, -0.2) is 0 Å². The lowest BCUT2D eigenvalue weighted by Crippen LogP contribution is -2.41. The second kappa shape index (κ2) is 5.96. The van der Waals surface area contributed by atoms with Crippen LogP contribution in [0.2, 0.25) is 0 Å². The van der Waals surface area contributed by atoms with Gasteiger partial charge in [0.2, 0.25) is 0 Å². The lowest BCUT2D eigenvalue weighted by Gasteiger charge is -2.07. The van der Waals surface area contributed by atoms with Gasteiger partial charge in [0.15, 0.2) is 0 Å². The zero-order valence-electron chi connectivity index (χ0n) is 6.19. The monoisotopic (exact) mass is 159 g/mol. The number of nitrogens with one attached hydrogen (secondary N) is 1. The van der Waals surface area contributed by atoms with Crippen molar-refractivity contribution in [2.45, 2.75) is 12.1 Å². The average molecular weight is 159 g/mol. The number of hydrogen-bond acceptors (Lipinski definition) is 5. The fourth-order valence-corrected chi connectivity index (χ4v) is 0.513. The zero-order chi connectivity index (χ0) is 8.69. The Kier molecular flexibility index (Phi) is 5.54. The third kappa shape index (κ3) is 5.65. The molecule has 0 aliphatic rings. The minimum atomic E-state index is -0.520. The van der Waals surface area contributed by atoms with E-state index in [1.165, 1.54) is 0 Å². The van der Waals surface area contributed by atoms with Gasteiger partial charge in [-0.05, 0) is 0 Å². The summed E-state index contributed by atoms with van der Waals surface area (Å²) in [6.45, 7) is 0.704. The van der Waals surface area contributed by atoms with Crippen LogP contribution >= 0.6 is 0 Å². The topological polar surface area (TPSA) is 98.2 Å². The van der Waals surface area contributed by atoms with E-state index in [1.807, 2.05) is 0 Å². The average Bonchev–Trinajstić information content (AvgIpc) is 2.04. The molecule has 0 heterocycles. The second-order valence-corrected chi connectivity index (χ2v) is 2.26. The molecule has 2 atom stereocenters. The van der Waals surface area contributed by atoms with Gasteiger partial charge in [-0.3, -0.25) is 0 Å². The third-order valence-electron chi connectivity index (χ3n) is 1.11. The van der Waals surface area contributed by atoms with Crippen molar-refractivity contribution in [2.75, 3.05) is 13.1 Å². The van der Waals surface area contributed by atoms with Gasteiger partial charge in [0.05, 0.1) is 12.1 Å². The number of nitrogens with two attached hydrogens (primary N) is 2.